The number of thiocarbonyl (C=S) groups is 1. The van der Waals surface area contributed by atoms with Crippen molar-refractivity contribution >= 4 is 40.6 Å². The van der Waals surface area contributed by atoms with Crippen LogP contribution < -0.4 is 19.7 Å². The molecule has 10 heteroatoms. The molecule has 2 N–H and O–H groups in total. The average Bonchev–Trinajstić information content (AvgIpc) is 3.53. The predicted octanol–water partition coefficient (Wildman–Crippen LogP) is 5.89. The molecule has 188 valence electrons. The summed E-state index contributed by atoms with van der Waals surface area (Å²) in [6.45, 7) is 0. The number of methoxy groups -OCH3 is 2. The molecule has 2 aromatic carbocycles. The van der Waals surface area contributed by atoms with Crippen molar-refractivity contribution < 1.29 is 23.8 Å². The maximum absolute atomic E-state index is 11.5. The Kier molecular flexibility index (Phi) is 6.73. The fraction of sp³-hybridized carbons (Fsp3) is 0.148. The van der Waals surface area contributed by atoms with E-state index in [4.69, 9.17) is 37.7 Å². The number of nitrogens with zero attached hydrogens (tertiary/aromatic N) is 2. The smallest absolute Gasteiger partial charge is 0.335 e. The summed E-state index contributed by atoms with van der Waals surface area (Å²) in [5.41, 5.74) is 2.07. The molecule has 0 unspecified atom stereocenters. The molecule has 0 amide bonds. The van der Waals surface area contributed by atoms with Gasteiger partial charge in [-0.1, -0.05) is 17.7 Å². The van der Waals surface area contributed by atoms with Crippen LogP contribution in [0.15, 0.2) is 77.3 Å². The van der Waals surface area contributed by atoms with Crippen LogP contribution in [-0.2, 0) is 0 Å². The van der Waals surface area contributed by atoms with Crippen LogP contribution in [0, 0.1) is 0 Å². The van der Waals surface area contributed by atoms with Crippen LogP contribution in [0.5, 0.6) is 11.5 Å². The van der Waals surface area contributed by atoms with E-state index < -0.39 is 12.0 Å². The minimum absolute atomic E-state index is 0.108. The number of carboxylic acid groups (broad SMARTS) is 1. The molecule has 0 aliphatic carbocycles. The molecular formula is C27H22ClN3O5S. The summed E-state index contributed by atoms with van der Waals surface area (Å²) in [6, 6.07) is 18.4. The Morgan fingerprint density at radius 3 is 2.65 bits per heavy atom. The number of halogens is 1. The molecule has 5 rings (SSSR count). The number of pyridine rings is 1. The number of benzene rings is 2. The average molecular weight is 536 g/mol. The molecular weight excluding hydrogens is 514 g/mol. The fourth-order valence-corrected chi connectivity index (χ4v) is 4.94. The Labute approximate surface area is 223 Å². The van der Waals surface area contributed by atoms with Gasteiger partial charge < -0.3 is 29.2 Å². The SMILES string of the molecule is COc1ccc(N2C(=S)N[C@H](c3ccccn3)[C@@H]2c2ccc(-c3cc(C(=O)O)ccc3Cl)o2)c(OC)c1. The quantitative estimate of drug-likeness (QED) is 0.281. The third-order valence-corrected chi connectivity index (χ3v) is 6.79. The van der Waals surface area contributed by atoms with Crippen molar-refractivity contribution in [1.29, 1.82) is 0 Å². The zero-order chi connectivity index (χ0) is 26.1. The van der Waals surface area contributed by atoms with Crippen molar-refractivity contribution in [3.8, 4) is 22.8 Å². The van der Waals surface area contributed by atoms with Crippen LogP contribution in [0.3, 0.4) is 0 Å². The molecule has 2 aromatic heterocycles. The lowest BCUT2D eigenvalue weighted by molar-refractivity contribution is 0.0697. The second-order valence-corrected chi connectivity index (χ2v) is 9.03. The second-order valence-electron chi connectivity index (χ2n) is 8.24. The number of furan rings is 1. The Hall–Kier alpha value is -4.08. The molecule has 1 fully saturated rings. The van der Waals surface area contributed by atoms with Crippen LogP contribution in [-0.4, -0.2) is 35.4 Å². The predicted molar refractivity (Wildman–Crippen MR) is 144 cm³/mol. The van der Waals surface area contributed by atoms with Crippen LogP contribution in [0.2, 0.25) is 5.02 Å². The monoisotopic (exact) mass is 535 g/mol. The van der Waals surface area contributed by atoms with Gasteiger partial charge in [0.2, 0.25) is 0 Å². The van der Waals surface area contributed by atoms with Gasteiger partial charge in [-0.15, -0.1) is 0 Å². The summed E-state index contributed by atoms with van der Waals surface area (Å²) in [5, 5.41) is 13.6. The third kappa shape index (κ3) is 4.59. The van der Waals surface area contributed by atoms with Crippen molar-refractivity contribution in [2.24, 2.45) is 0 Å². The summed E-state index contributed by atoms with van der Waals surface area (Å²) in [7, 11) is 3.17. The van der Waals surface area contributed by atoms with Crippen LogP contribution in [0.4, 0.5) is 5.69 Å². The van der Waals surface area contributed by atoms with Gasteiger partial charge in [0.1, 0.15) is 29.1 Å². The highest BCUT2D eigenvalue weighted by Gasteiger charge is 2.43. The summed E-state index contributed by atoms with van der Waals surface area (Å²) < 4.78 is 17.4. The molecule has 0 radical (unpaired) electrons. The molecule has 4 aromatic rings. The number of anilines is 1. The van der Waals surface area contributed by atoms with E-state index in [9.17, 15) is 9.90 Å². The van der Waals surface area contributed by atoms with Gasteiger partial charge in [0.05, 0.1) is 42.2 Å². The number of nitrogens with one attached hydrogen (secondary N) is 1. The number of carbonyl (C=O) groups is 1. The molecule has 3 heterocycles. The molecule has 8 nitrogen and oxygen atoms in total. The van der Waals surface area contributed by atoms with E-state index in [0.717, 1.165) is 5.69 Å². The number of ether oxygens (including phenoxy) is 2. The van der Waals surface area contributed by atoms with Gasteiger partial charge in [-0.05, 0) is 66.8 Å². The van der Waals surface area contributed by atoms with E-state index in [1.165, 1.54) is 12.1 Å². The lowest BCUT2D eigenvalue weighted by Gasteiger charge is -2.27. The Morgan fingerprint density at radius 2 is 1.95 bits per heavy atom. The van der Waals surface area contributed by atoms with Gasteiger partial charge >= 0.3 is 5.97 Å². The van der Waals surface area contributed by atoms with Crippen molar-refractivity contribution in [3.05, 3.63) is 95.0 Å². The van der Waals surface area contributed by atoms with E-state index in [1.54, 1.807) is 38.6 Å². The summed E-state index contributed by atoms with van der Waals surface area (Å²) in [5.74, 6) is 1.17. The molecule has 2 atom stereocenters. The highest BCUT2D eigenvalue weighted by molar-refractivity contribution is 7.80. The zero-order valence-corrected chi connectivity index (χ0v) is 21.4. The second kappa shape index (κ2) is 10.1. The number of aromatic carboxylic acids is 1. The summed E-state index contributed by atoms with van der Waals surface area (Å²) in [4.78, 5) is 18.0. The van der Waals surface area contributed by atoms with Gasteiger partial charge in [-0.25, -0.2) is 4.79 Å². The minimum Gasteiger partial charge on any atom is -0.497 e. The Balaban J connectivity index is 1.63. The van der Waals surface area contributed by atoms with E-state index in [2.05, 4.69) is 10.3 Å². The molecule has 0 spiro atoms. The van der Waals surface area contributed by atoms with Crippen LogP contribution in [0.25, 0.3) is 11.3 Å². The summed E-state index contributed by atoms with van der Waals surface area (Å²) in [6.07, 6.45) is 1.72. The largest absolute Gasteiger partial charge is 0.497 e. The van der Waals surface area contributed by atoms with Crippen molar-refractivity contribution in [2.45, 2.75) is 12.1 Å². The third-order valence-electron chi connectivity index (χ3n) is 6.14. The topological polar surface area (TPSA) is 97.1 Å². The Bertz CT molecular complexity index is 1480. The number of carboxylic acids is 1. The maximum Gasteiger partial charge on any atom is 0.335 e. The van der Waals surface area contributed by atoms with Crippen LogP contribution in [0.1, 0.15) is 33.9 Å². The minimum atomic E-state index is -1.05. The molecule has 1 aliphatic heterocycles. The van der Waals surface area contributed by atoms with Gasteiger partial charge in [0.25, 0.3) is 0 Å². The first-order valence-corrected chi connectivity index (χ1v) is 12.1. The molecule has 1 aliphatic rings. The van der Waals surface area contributed by atoms with E-state index in [-0.39, 0.29) is 11.6 Å². The van der Waals surface area contributed by atoms with E-state index in [0.29, 0.717) is 44.4 Å². The van der Waals surface area contributed by atoms with Gasteiger partial charge in [0.15, 0.2) is 5.11 Å². The number of hydrogen-bond acceptors (Lipinski definition) is 6. The fourth-order valence-electron chi connectivity index (χ4n) is 4.39. The lowest BCUT2D eigenvalue weighted by Crippen LogP contribution is -2.29. The first-order chi connectivity index (χ1) is 17.9. The highest BCUT2D eigenvalue weighted by Crippen LogP contribution is 2.46. The lowest BCUT2D eigenvalue weighted by atomic mass is 10.0. The summed E-state index contributed by atoms with van der Waals surface area (Å²) >= 11 is 12.2. The van der Waals surface area contributed by atoms with Crippen molar-refractivity contribution in [3.63, 3.8) is 0 Å². The first kappa shape index (κ1) is 24.6. The van der Waals surface area contributed by atoms with Crippen LogP contribution >= 0.6 is 23.8 Å². The van der Waals surface area contributed by atoms with Gasteiger partial charge in [-0.2, -0.15) is 0 Å². The first-order valence-electron chi connectivity index (χ1n) is 11.3. The van der Waals surface area contributed by atoms with Gasteiger partial charge in [0, 0.05) is 17.8 Å². The standard InChI is InChI=1S/C27H22ClN3O5S/c1-34-16-7-9-20(23(14-16)35-2)31-25(24(30-27(31)37)19-5-3-4-12-29-19)22-11-10-21(36-22)17-13-15(26(32)33)6-8-18(17)28/h3-14,24-25H,1-2H3,(H,30,37)(H,32,33)/t24-,25+/m1/s1. The zero-order valence-electron chi connectivity index (χ0n) is 19.8. The van der Waals surface area contributed by atoms with Gasteiger partial charge in [-0.3, -0.25) is 4.98 Å². The molecule has 37 heavy (non-hydrogen) atoms. The maximum atomic E-state index is 11.5. The van der Waals surface area contributed by atoms with Crippen molar-refractivity contribution in [1.82, 2.24) is 10.3 Å². The normalized spacial score (nSPS) is 16.9. The molecule has 0 bridgehead atoms. The number of hydrogen-bond donors (Lipinski definition) is 2. The number of rotatable bonds is 7. The highest BCUT2D eigenvalue weighted by atomic mass is 35.5. The van der Waals surface area contributed by atoms with E-state index in [1.807, 2.05) is 41.3 Å². The molecule has 1 saturated heterocycles. The Morgan fingerprint density at radius 1 is 1.11 bits per heavy atom. The van der Waals surface area contributed by atoms with E-state index >= 15 is 0 Å². The molecule has 0 saturated carbocycles. The number of aromatic nitrogens is 1. The van der Waals surface area contributed by atoms with Crippen molar-refractivity contribution in [2.75, 3.05) is 19.1 Å².